The Morgan fingerprint density at radius 2 is 2.56 bits per heavy atom. The molecule has 50 valence electrons. The zero-order chi connectivity index (χ0) is 6.85. The lowest BCUT2D eigenvalue weighted by Crippen LogP contribution is -2.32. The van der Waals surface area contributed by atoms with Crippen molar-refractivity contribution in [3.63, 3.8) is 0 Å². The predicted octanol–water partition coefficient (Wildman–Crippen LogP) is 0.0908. The Hall–Kier alpha value is -0.900. The van der Waals surface area contributed by atoms with Gasteiger partial charge in [-0.25, -0.2) is 4.90 Å². The van der Waals surface area contributed by atoms with Crippen LogP contribution in [-0.2, 0) is 0 Å². The molecule has 1 unspecified atom stereocenters. The van der Waals surface area contributed by atoms with Gasteiger partial charge in [-0.3, -0.25) is 10.1 Å². The van der Waals surface area contributed by atoms with Crippen molar-refractivity contribution in [3.05, 3.63) is 22.3 Å². The molecule has 0 spiro atoms. The van der Waals surface area contributed by atoms with Crippen LogP contribution in [0, 0.1) is 10.1 Å². The first-order valence-corrected chi connectivity index (χ1v) is 2.72. The van der Waals surface area contributed by atoms with Crippen LogP contribution in [0.1, 0.15) is 0 Å². The molecular formula is C5H8N2O2. The minimum atomic E-state index is -0.593. The first-order chi connectivity index (χ1) is 4.22. The number of hydrogen-bond donors (Lipinski definition) is 0. The molecule has 1 aliphatic heterocycles. The van der Waals surface area contributed by atoms with Gasteiger partial charge in [0, 0.05) is 17.5 Å². The lowest BCUT2D eigenvalue weighted by molar-refractivity contribution is -0.532. The molecule has 1 atom stereocenters. The van der Waals surface area contributed by atoms with E-state index in [4.69, 9.17) is 0 Å². The summed E-state index contributed by atoms with van der Waals surface area (Å²) < 4.78 is 0. The molecule has 0 amide bonds. The second kappa shape index (κ2) is 2.14. The molecule has 0 saturated heterocycles. The monoisotopic (exact) mass is 128 g/mol. The Labute approximate surface area is 52.9 Å². The van der Waals surface area contributed by atoms with Crippen molar-refractivity contribution in [1.82, 2.24) is 4.90 Å². The largest absolute Gasteiger partial charge is 0.287 e. The van der Waals surface area contributed by atoms with Crippen LogP contribution >= 0.6 is 0 Å². The van der Waals surface area contributed by atoms with E-state index in [1.807, 2.05) is 0 Å². The molecule has 4 heteroatoms. The van der Waals surface area contributed by atoms with E-state index < -0.39 is 6.17 Å². The van der Waals surface area contributed by atoms with Crippen LogP contribution in [0.25, 0.3) is 0 Å². The van der Waals surface area contributed by atoms with Gasteiger partial charge in [-0.1, -0.05) is 6.08 Å². The van der Waals surface area contributed by atoms with Gasteiger partial charge in [0.2, 0.25) is 0 Å². The van der Waals surface area contributed by atoms with Crippen molar-refractivity contribution >= 4 is 0 Å². The zero-order valence-corrected chi connectivity index (χ0v) is 5.15. The van der Waals surface area contributed by atoms with Gasteiger partial charge in [0.15, 0.2) is 0 Å². The summed E-state index contributed by atoms with van der Waals surface area (Å²) in [6.45, 7) is 0.686. The maximum Gasteiger partial charge on any atom is 0.287 e. The van der Waals surface area contributed by atoms with Crippen LogP contribution in [0.5, 0.6) is 0 Å². The van der Waals surface area contributed by atoms with Crippen molar-refractivity contribution in [2.75, 3.05) is 13.6 Å². The summed E-state index contributed by atoms with van der Waals surface area (Å²) in [4.78, 5) is 11.5. The molecule has 0 aromatic rings. The van der Waals surface area contributed by atoms with Gasteiger partial charge in [0.05, 0.1) is 0 Å². The Morgan fingerprint density at radius 3 is 2.78 bits per heavy atom. The standard InChI is InChI=1S/C5H8N2O2/c1-6-4-2-3-5(6)7(8)9/h2-3,5H,4H2,1H3. The molecule has 0 aliphatic carbocycles. The van der Waals surface area contributed by atoms with Crippen LogP contribution < -0.4 is 0 Å². The Bertz CT molecular complexity index is 155. The van der Waals surface area contributed by atoms with E-state index in [1.165, 1.54) is 0 Å². The maximum absolute atomic E-state index is 10.1. The molecule has 1 heterocycles. The van der Waals surface area contributed by atoms with E-state index in [2.05, 4.69) is 0 Å². The van der Waals surface area contributed by atoms with Gasteiger partial charge < -0.3 is 0 Å². The van der Waals surface area contributed by atoms with Gasteiger partial charge in [0.1, 0.15) is 0 Å². The van der Waals surface area contributed by atoms with Gasteiger partial charge in [0.25, 0.3) is 6.17 Å². The molecule has 1 rings (SSSR count). The molecule has 0 fully saturated rings. The van der Waals surface area contributed by atoms with Gasteiger partial charge in [-0.05, 0) is 7.05 Å². The summed E-state index contributed by atoms with van der Waals surface area (Å²) in [6.07, 6.45) is 2.80. The molecule has 1 aliphatic rings. The third-order valence-electron chi connectivity index (χ3n) is 1.37. The fourth-order valence-corrected chi connectivity index (χ4v) is 0.835. The van der Waals surface area contributed by atoms with Crippen molar-refractivity contribution in [1.29, 1.82) is 0 Å². The molecule has 0 aromatic carbocycles. The molecule has 0 aromatic heterocycles. The Kier molecular flexibility index (Phi) is 1.48. The lowest BCUT2D eigenvalue weighted by Gasteiger charge is -2.09. The fraction of sp³-hybridized carbons (Fsp3) is 0.600. The predicted molar refractivity (Wildman–Crippen MR) is 32.6 cm³/mol. The van der Waals surface area contributed by atoms with Crippen molar-refractivity contribution in [2.24, 2.45) is 0 Å². The van der Waals surface area contributed by atoms with Crippen LogP contribution in [-0.4, -0.2) is 29.6 Å². The number of nitro groups is 1. The van der Waals surface area contributed by atoms with E-state index in [-0.39, 0.29) is 4.92 Å². The van der Waals surface area contributed by atoms with E-state index >= 15 is 0 Å². The highest BCUT2D eigenvalue weighted by Gasteiger charge is 2.24. The highest BCUT2D eigenvalue weighted by Crippen LogP contribution is 2.05. The molecular weight excluding hydrogens is 120 g/mol. The first kappa shape index (κ1) is 6.22. The highest BCUT2D eigenvalue weighted by atomic mass is 16.6. The third kappa shape index (κ3) is 1.08. The number of hydrogen-bond acceptors (Lipinski definition) is 3. The summed E-state index contributed by atoms with van der Waals surface area (Å²) in [5.74, 6) is 0. The fourth-order valence-electron chi connectivity index (χ4n) is 0.835. The molecule has 0 bridgehead atoms. The number of rotatable bonds is 1. The van der Waals surface area contributed by atoms with Gasteiger partial charge in [-0.2, -0.15) is 0 Å². The van der Waals surface area contributed by atoms with E-state index in [1.54, 1.807) is 24.1 Å². The normalized spacial score (nSPS) is 27.0. The van der Waals surface area contributed by atoms with E-state index in [0.717, 1.165) is 0 Å². The summed E-state index contributed by atoms with van der Waals surface area (Å²) in [5, 5.41) is 10.1. The molecule has 0 radical (unpaired) electrons. The first-order valence-electron chi connectivity index (χ1n) is 2.72. The summed E-state index contributed by atoms with van der Waals surface area (Å²) >= 11 is 0. The van der Waals surface area contributed by atoms with Crippen molar-refractivity contribution < 1.29 is 4.92 Å². The van der Waals surface area contributed by atoms with Crippen LogP contribution in [0.4, 0.5) is 0 Å². The minimum Gasteiger partial charge on any atom is -0.262 e. The van der Waals surface area contributed by atoms with Gasteiger partial charge in [-0.15, -0.1) is 0 Å². The summed E-state index contributed by atoms with van der Waals surface area (Å²) in [5.41, 5.74) is 0. The topological polar surface area (TPSA) is 46.4 Å². The Balaban J connectivity index is 2.59. The maximum atomic E-state index is 10.1. The van der Waals surface area contributed by atoms with E-state index in [0.29, 0.717) is 6.54 Å². The van der Waals surface area contributed by atoms with Crippen LogP contribution in [0.3, 0.4) is 0 Å². The number of likely N-dealkylation sites (N-methyl/N-ethyl adjacent to an activating group) is 1. The molecule has 4 nitrogen and oxygen atoms in total. The van der Waals surface area contributed by atoms with Crippen molar-refractivity contribution in [3.8, 4) is 0 Å². The SMILES string of the molecule is CN1CC=CC1[N+](=O)[O-]. The average Bonchev–Trinajstić information content (AvgIpc) is 2.13. The quantitative estimate of drug-likeness (QED) is 0.285. The van der Waals surface area contributed by atoms with E-state index in [9.17, 15) is 10.1 Å². The van der Waals surface area contributed by atoms with Gasteiger partial charge >= 0.3 is 0 Å². The smallest absolute Gasteiger partial charge is 0.262 e. The van der Waals surface area contributed by atoms with Crippen molar-refractivity contribution in [2.45, 2.75) is 6.17 Å². The molecule has 0 N–H and O–H groups in total. The van der Waals surface area contributed by atoms with Crippen LogP contribution in [0.2, 0.25) is 0 Å². The molecule has 9 heavy (non-hydrogen) atoms. The summed E-state index contributed by atoms with van der Waals surface area (Å²) in [6, 6.07) is 0. The lowest BCUT2D eigenvalue weighted by atomic mass is 10.5. The highest BCUT2D eigenvalue weighted by molar-refractivity contribution is 4.97. The minimum absolute atomic E-state index is 0.302. The van der Waals surface area contributed by atoms with Crippen LogP contribution in [0.15, 0.2) is 12.2 Å². The third-order valence-corrected chi connectivity index (χ3v) is 1.37. The second-order valence-corrected chi connectivity index (χ2v) is 2.07. The number of nitrogens with zero attached hydrogens (tertiary/aromatic N) is 2. The zero-order valence-electron chi connectivity index (χ0n) is 5.15. The summed E-state index contributed by atoms with van der Waals surface area (Å²) in [7, 11) is 1.73. The molecule has 0 saturated carbocycles. The average molecular weight is 128 g/mol. The second-order valence-electron chi connectivity index (χ2n) is 2.07. The Morgan fingerprint density at radius 1 is 1.89 bits per heavy atom.